The number of carbonyl (C=O) groups is 1. The van der Waals surface area contributed by atoms with Gasteiger partial charge in [-0.2, -0.15) is 0 Å². The summed E-state index contributed by atoms with van der Waals surface area (Å²) < 4.78 is 0. The first kappa shape index (κ1) is 15.0. The predicted octanol–water partition coefficient (Wildman–Crippen LogP) is 2.43. The van der Waals surface area contributed by atoms with Crippen LogP contribution in [0.4, 0.5) is 0 Å². The van der Waals surface area contributed by atoms with Crippen LogP contribution in [0.25, 0.3) is 0 Å². The van der Waals surface area contributed by atoms with E-state index in [4.69, 9.17) is 0 Å². The Labute approximate surface area is 122 Å². The van der Waals surface area contributed by atoms with Crippen LogP contribution in [0.15, 0.2) is 24.3 Å². The number of amides is 1. The highest BCUT2D eigenvalue weighted by Crippen LogP contribution is 2.24. The Morgan fingerprint density at radius 2 is 2.20 bits per heavy atom. The fourth-order valence-corrected chi connectivity index (χ4v) is 2.81. The molecule has 1 aromatic rings. The van der Waals surface area contributed by atoms with E-state index in [1.807, 2.05) is 12.1 Å². The van der Waals surface area contributed by atoms with Crippen molar-refractivity contribution in [2.75, 3.05) is 19.6 Å². The molecule has 2 N–H and O–H groups in total. The summed E-state index contributed by atoms with van der Waals surface area (Å²) >= 11 is 0. The lowest BCUT2D eigenvalue weighted by Gasteiger charge is -2.34. The summed E-state index contributed by atoms with van der Waals surface area (Å²) in [4.78, 5) is 12.0. The average molecular weight is 274 g/mol. The van der Waals surface area contributed by atoms with Crippen molar-refractivity contribution in [3.05, 3.63) is 35.4 Å². The molecule has 1 aliphatic rings. The van der Waals surface area contributed by atoms with Crippen molar-refractivity contribution in [1.29, 1.82) is 0 Å². The molecule has 1 heterocycles. The van der Waals surface area contributed by atoms with Crippen molar-refractivity contribution in [1.82, 2.24) is 10.6 Å². The van der Waals surface area contributed by atoms with Crippen LogP contribution in [0.3, 0.4) is 0 Å². The molecule has 0 bridgehead atoms. The maximum atomic E-state index is 12.0. The molecule has 0 spiro atoms. The molecular formula is C17H26N2O. The van der Waals surface area contributed by atoms with Crippen LogP contribution in [0, 0.1) is 12.3 Å². The first-order valence-corrected chi connectivity index (χ1v) is 7.61. The van der Waals surface area contributed by atoms with Crippen LogP contribution in [-0.2, 0) is 11.2 Å². The number of hydrogen-bond donors (Lipinski definition) is 2. The Kier molecular flexibility index (Phi) is 5.18. The van der Waals surface area contributed by atoms with E-state index in [0.717, 1.165) is 26.1 Å². The monoisotopic (exact) mass is 274 g/mol. The summed E-state index contributed by atoms with van der Waals surface area (Å²) in [6.45, 7) is 7.25. The zero-order valence-corrected chi connectivity index (χ0v) is 12.7. The number of benzene rings is 1. The van der Waals surface area contributed by atoms with Gasteiger partial charge >= 0.3 is 0 Å². The number of nitrogens with one attached hydrogen (secondary N) is 2. The van der Waals surface area contributed by atoms with Crippen LogP contribution in [0.1, 0.15) is 37.3 Å². The van der Waals surface area contributed by atoms with Crippen LogP contribution in [-0.4, -0.2) is 25.5 Å². The molecule has 1 saturated heterocycles. The lowest BCUT2D eigenvalue weighted by molar-refractivity contribution is -0.121. The normalized spacial score (nSPS) is 22.5. The van der Waals surface area contributed by atoms with E-state index in [1.165, 1.54) is 24.0 Å². The fourth-order valence-electron chi connectivity index (χ4n) is 2.81. The molecule has 3 heteroatoms. The summed E-state index contributed by atoms with van der Waals surface area (Å²) in [6.07, 6.45) is 3.80. The van der Waals surface area contributed by atoms with E-state index < -0.39 is 0 Å². The summed E-state index contributed by atoms with van der Waals surface area (Å²) in [5.41, 5.74) is 2.76. The maximum absolute atomic E-state index is 12.0. The molecule has 20 heavy (non-hydrogen) atoms. The second kappa shape index (κ2) is 6.89. The highest BCUT2D eigenvalue weighted by atomic mass is 16.1. The third-order valence-corrected chi connectivity index (χ3v) is 4.28. The van der Waals surface area contributed by atoms with Gasteiger partial charge in [0, 0.05) is 19.5 Å². The zero-order valence-electron chi connectivity index (χ0n) is 12.7. The first-order valence-electron chi connectivity index (χ1n) is 7.61. The molecule has 0 saturated carbocycles. The van der Waals surface area contributed by atoms with Crippen molar-refractivity contribution in [2.24, 2.45) is 5.41 Å². The van der Waals surface area contributed by atoms with Crippen molar-refractivity contribution in [2.45, 2.75) is 39.5 Å². The average Bonchev–Trinajstić information content (AvgIpc) is 2.45. The third kappa shape index (κ3) is 4.34. The van der Waals surface area contributed by atoms with Gasteiger partial charge in [-0.05, 0) is 49.3 Å². The molecule has 1 atom stereocenters. The lowest BCUT2D eigenvalue weighted by Crippen LogP contribution is -2.45. The Morgan fingerprint density at radius 3 is 2.90 bits per heavy atom. The van der Waals surface area contributed by atoms with Gasteiger partial charge in [0.2, 0.25) is 5.91 Å². The first-order chi connectivity index (χ1) is 9.59. The van der Waals surface area contributed by atoms with Gasteiger partial charge in [0.15, 0.2) is 0 Å². The van der Waals surface area contributed by atoms with E-state index in [2.05, 4.69) is 36.6 Å². The van der Waals surface area contributed by atoms with E-state index in [-0.39, 0.29) is 11.3 Å². The second-order valence-corrected chi connectivity index (χ2v) is 6.29. The van der Waals surface area contributed by atoms with Gasteiger partial charge in [0.05, 0.1) is 0 Å². The summed E-state index contributed by atoms with van der Waals surface area (Å²) in [7, 11) is 0. The molecule has 1 amide bonds. The quantitative estimate of drug-likeness (QED) is 0.866. The molecule has 1 fully saturated rings. The number of carbonyl (C=O) groups excluding carboxylic acids is 1. The fraction of sp³-hybridized carbons (Fsp3) is 0.588. The summed E-state index contributed by atoms with van der Waals surface area (Å²) in [6, 6.07) is 8.28. The molecule has 0 radical (unpaired) electrons. The Morgan fingerprint density at radius 1 is 1.40 bits per heavy atom. The lowest BCUT2D eigenvalue weighted by atomic mass is 9.83. The predicted molar refractivity (Wildman–Crippen MR) is 82.7 cm³/mol. The second-order valence-electron chi connectivity index (χ2n) is 6.29. The summed E-state index contributed by atoms with van der Waals surface area (Å²) in [5.74, 6) is 0.167. The minimum absolute atomic E-state index is 0.167. The molecule has 1 aromatic carbocycles. The van der Waals surface area contributed by atoms with Gasteiger partial charge in [-0.1, -0.05) is 31.2 Å². The van der Waals surface area contributed by atoms with Crippen molar-refractivity contribution >= 4 is 5.91 Å². The maximum Gasteiger partial charge on any atom is 0.220 e. The SMILES string of the molecule is Cc1ccccc1CCC(=O)NCC1(C)CCCNC1. The van der Waals surface area contributed by atoms with Crippen LogP contribution >= 0.6 is 0 Å². The third-order valence-electron chi connectivity index (χ3n) is 4.28. The number of rotatable bonds is 5. The van der Waals surface area contributed by atoms with Gasteiger partial charge in [-0.3, -0.25) is 4.79 Å². The molecule has 3 nitrogen and oxygen atoms in total. The molecule has 2 rings (SSSR count). The molecule has 0 aromatic heterocycles. The molecule has 1 aliphatic heterocycles. The van der Waals surface area contributed by atoms with E-state index in [9.17, 15) is 4.79 Å². The van der Waals surface area contributed by atoms with Crippen LogP contribution in [0.5, 0.6) is 0 Å². The molecular weight excluding hydrogens is 248 g/mol. The minimum atomic E-state index is 0.167. The van der Waals surface area contributed by atoms with Crippen molar-refractivity contribution < 1.29 is 4.79 Å². The van der Waals surface area contributed by atoms with Crippen molar-refractivity contribution in [3.8, 4) is 0 Å². The van der Waals surface area contributed by atoms with E-state index in [1.54, 1.807) is 0 Å². The van der Waals surface area contributed by atoms with Crippen LogP contribution in [0.2, 0.25) is 0 Å². The smallest absolute Gasteiger partial charge is 0.220 e. The van der Waals surface area contributed by atoms with Gasteiger partial charge in [-0.15, -0.1) is 0 Å². The van der Waals surface area contributed by atoms with Gasteiger partial charge in [0.1, 0.15) is 0 Å². The van der Waals surface area contributed by atoms with Crippen LogP contribution < -0.4 is 10.6 Å². The molecule has 1 unspecified atom stereocenters. The van der Waals surface area contributed by atoms with Gasteiger partial charge in [0.25, 0.3) is 0 Å². The zero-order chi connectivity index (χ0) is 14.4. The Hall–Kier alpha value is -1.35. The van der Waals surface area contributed by atoms with E-state index >= 15 is 0 Å². The Balaban J connectivity index is 1.74. The Bertz CT molecular complexity index is 450. The highest BCUT2D eigenvalue weighted by Gasteiger charge is 2.26. The van der Waals surface area contributed by atoms with Gasteiger partial charge < -0.3 is 10.6 Å². The number of hydrogen-bond acceptors (Lipinski definition) is 2. The largest absolute Gasteiger partial charge is 0.355 e. The summed E-state index contributed by atoms with van der Waals surface area (Å²) in [5, 5.41) is 6.52. The van der Waals surface area contributed by atoms with Crippen molar-refractivity contribution in [3.63, 3.8) is 0 Å². The standard InChI is InChI=1S/C17H26N2O/c1-14-6-3-4-7-15(14)8-9-16(20)19-13-17(2)10-5-11-18-12-17/h3-4,6-7,18H,5,8-13H2,1-2H3,(H,19,20). The highest BCUT2D eigenvalue weighted by molar-refractivity contribution is 5.76. The van der Waals surface area contributed by atoms with Gasteiger partial charge in [-0.25, -0.2) is 0 Å². The minimum Gasteiger partial charge on any atom is -0.355 e. The van der Waals surface area contributed by atoms with E-state index in [0.29, 0.717) is 6.42 Å². The molecule has 0 aliphatic carbocycles. The molecule has 110 valence electrons. The number of aryl methyl sites for hydroxylation is 2. The number of piperidine rings is 1. The topological polar surface area (TPSA) is 41.1 Å².